The standard InChI is InChI=1S/C15H12BrNO3S/c16-13-6-5-10(21-13)8-17-14(18)12-7-9-3-1-2-4-11(9)15(19)20-12/h1-6,12H,7-8H2,(H,17,18). The minimum Gasteiger partial charge on any atom is -0.448 e. The first kappa shape index (κ1) is 14.3. The zero-order chi connectivity index (χ0) is 14.8. The van der Waals surface area contributed by atoms with Crippen LogP contribution in [0.25, 0.3) is 0 Å². The van der Waals surface area contributed by atoms with Crippen molar-refractivity contribution in [2.45, 2.75) is 19.1 Å². The summed E-state index contributed by atoms with van der Waals surface area (Å²) < 4.78 is 6.23. The summed E-state index contributed by atoms with van der Waals surface area (Å²) in [5.41, 5.74) is 1.40. The third-order valence-electron chi connectivity index (χ3n) is 3.25. The molecule has 0 aliphatic carbocycles. The van der Waals surface area contributed by atoms with Crippen LogP contribution in [0.2, 0.25) is 0 Å². The molecule has 1 unspecified atom stereocenters. The van der Waals surface area contributed by atoms with Gasteiger partial charge >= 0.3 is 5.97 Å². The molecule has 2 heterocycles. The van der Waals surface area contributed by atoms with Crippen molar-refractivity contribution in [2.75, 3.05) is 0 Å². The third kappa shape index (κ3) is 3.16. The third-order valence-corrected chi connectivity index (χ3v) is 4.87. The molecule has 6 heteroatoms. The second-order valence-corrected chi connectivity index (χ2v) is 7.23. The topological polar surface area (TPSA) is 55.4 Å². The Hall–Kier alpha value is -1.66. The lowest BCUT2D eigenvalue weighted by Gasteiger charge is -2.23. The summed E-state index contributed by atoms with van der Waals surface area (Å²) in [6.45, 7) is 0.435. The Morgan fingerprint density at radius 2 is 2.14 bits per heavy atom. The van der Waals surface area contributed by atoms with E-state index in [1.807, 2.05) is 24.3 Å². The van der Waals surface area contributed by atoms with Gasteiger partial charge < -0.3 is 10.1 Å². The number of halogens is 1. The van der Waals surface area contributed by atoms with E-state index < -0.39 is 12.1 Å². The van der Waals surface area contributed by atoms with Gasteiger partial charge in [-0.05, 0) is 39.7 Å². The first-order valence-corrected chi connectivity index (χ1v) is 8.05. The molecule has 0 radical (unpaired) electrons. The second-order valence-electron chi connectivity index (χ2n) is 4.68. The smallest absolute Gasteiger partial charge is 0.339 e. The van der Waals surface area contributed by atoms with Gasteiger partial charge in [0.2, 0.25) is 0 Å². The predicted molar refractivity (Wildman–Crippen MR) is 83.2 cm³/mol. The number of amides is 1. The maximum absolute atomic E-state index is 12.1. The second kappa shape index (κ2) is 5.99. The molecule has 1 amide bonds. The van der Waals surface area contributed by atoms with E-state index in [0.29, 0.717) is 18.5 Å². The van der Waals surface area contributed by atoms with Gasteiger partial charge in [0.15, 0.2) is 6.10 Å². The zero-order valence-electron chi connectivity index (χ0n) is 11.0. The number of benzene rings is 1. The Labute approximate surface area is 134 Å². The number of ether oxygens (including phenoxy) is 1. The van der Waals surface area contributed by atoms with Crippen LogP contribution in [0.15, 0.2) is 40.2 Å². The summed E-state index contributed by atoms with van der Waals surface area (Å²) in [7, 11) is 0. The lowest BCUT2D eigenvalue weighted by atomic mass is 9.98. The molecule has 1 N–H and O–H groups in total. The van der Waals surface area contributed by atoms with Crippen LogP contribution in [0, 0.1) is 0 Å². The molecule has 0 saturated heterocycles. The van der Waals surface area contributed by atoms with Gasteiger partial charge in [0.25, 0.3) is 5.91 Å². The average molecular weight is 366 g/mol. The Kier molecular flexibility index (Phi) is 4.07. The molecule has 4 nitrogen and oxygen atoms in total. The van der Waals surface area contributed by atoms with E-state index in [0.717, 1.165) is 14.2 Å². The van der Waals surface area contributed by atoms with Gasteiger partial charge in [-0.3, -0.25) is 4.79 Å². The molecular weight excluding hydrogens is 354 g/mol. The molecular formula is C15H12BrNO3S. The van der Waals surface area contributed by atoms with Crippen molar-refractivity contribution in [3.05, 3.63) is 56.2 Å². The summed E-state index contributed by atoms with van der Waals surface area (Å²) in [4.78, 5) is 25.0. The molecule has 108 valence electrons. The maximum atomic E-state index is 12.1. The van der Waals surface area contributed by atoms with Crippen molar-refractivity contribution in [2.24, 2.45) is 0 Å². The summed E-state index contributed by atoms with van der Waals surface area (Å²) in [6.07, 6.45) is -0.335. The average Bonchev–Trinajstić information content (AvgIpc) is 2.90. The fourth-order valence-electron chi connectivity index (χ4n) is 2.21. The highest BCUT2D eigenvalue weighted by Crippen LogP contribution is 2.23. The number of hydrogen-bond acceptors (Lipinski definition) is 4. The van der Waals surface area contributed by atoms with Crippen LogP contribution in [-0.2, 0) is 22.5 Å². The highest BCUT2D eigenvalue weighted by molar-refractivity contribution is 9.11. The number of thiophene rings is 1. The number of cyclic esters (lactones) is 1. The number of hydrogen-bond donors (Lipinski definition) is 1. The van der Waals surface area contributed by atoms with E-state index in [9.17, 15) is 9.59 Å². The van der Waals surface area contributed by atoms with Gasteiger partial charge in [-0.2, -0.15) is 0 Å². The summed E-state index contributed by atoms with van der Waals surface area (Å²) >= 11 is 4.94. The largest absolute Gasteiger partial charge is 0.448 e. The molecule has 0 saturated carbocycles. The van der Waals surface area contributed by atoms with Gasteiger partial charge in [0.05, 0.1) is 15.9 Å². The monoisotopic (exact) mass is 365 g/mol. The lowest BCUT2D eigenvalue weighted by molar-refractivity contribution is -0.130. The molecule has 1 atom stereocenters. The molecule has 0 bridgehead atoms. The van der Waals surface area contributed by atoms with Crippen LogP contribution >= 0.6 is 27.3 Å². The molecule has 1 aliphatic rings. The van der Waals surface area contributed by atoms with Gasteiger partial charge in [0, 0.05) is 11.3 Å². The number of esters is 1. The summed E-state index contributed by atoms with van der Waals surface area (Å²) in [5.74, 6) is -0.696. The van der Waals surface area contributed by atoms with Gasteiger partial charge in [-0.15, -0.1) is 11.3 Å². The van der Waals surface area contributed by atoms with Crippen molar-refractivity contribution in [3.63, 3.8) is 0 Å². The SMILES string of the molecule is O=C1OC(C(=O)NCc2ccc(Br)s2)Cc2ccccc21. The zero-order valence-corrected chi connectivity index (χ0v) is 13.4. The molecule has 1 aromatic heterocycles. The Morgan fingerprint density at radius 1 is 1.33 bits per heavy atom. The van der Waals surface area contributed by atoms with Crippen LogP contribution in [0.1, 0.15) is 20.8 Å². The fourth-order valence-corrected chi connectivity index (χ4v) is 3.64. The van der Waals surface area contributed by atoms with E-state index in [4.69, 9.17) is 4.74 Å². The van der Waals surface area contributed by atoms with Crippen LogP contribution in [0.4, 0.5) is 0 Å². The lowest BCUT2D eigenvalue weighted by Crippen LogP contribution is -2.41. The Morgan fingerprint density at radius 3 is 2.90 bits per heavy atom. The molecule has 0 spiro atoms. The first-order valence-electron chi connectivity index (χ1n) is 6.44. The van der Waals surface area contributed by atoms with E-state index >= 15 is 0 Å². The molecule has 21 heavy (non-hydrogen) atoms. The number of fused-ring (bicyclic) bond motifs is 1. The van der Waals surface area contributed by atoms with E-state index in [-0.39, 0.29) is 5.91 Å². The molecule has 2 aromatic rings. The van der Waals surface area contributed by atoms with Gasteiger partial charge in [-0.1, -0.05) is 18.2 Å². The van der Waals surface area contributed by atoms with Crippen LogP contribution in [0.5, 0.6) is 0 Å². The van der Waals surface area contributed by atoms with Crippen LogP contribution < -0.4 is 5.32 Å². The molecule has 3 rings (SSSR count). The van der Waals surface area contributed by atoms with Crippen molar-refractivity contribution < 1.29 is 14.3 Å². The number of carbonyl (C=O) groups excluding carboxylic acids is 2. The van der Waals surface area contributed by atoms with Gasteiger partial charge in [0.1, 0.15) is 0 Å². The minimum absolute atomic E-state index is 0.262. The van der Waals surface area contributed by atoms with Crippen molar-refractivity contribution in [3.8, 4) is 0 Å². The van der Waals surface area contributed by atoms with Crippen molar-refractivity contribution >= 4 is 39.1 Å². The van der Waals surface area contributed by atoms with Crippen molar-refractivity contribution in [1.29, 1.82) is 0 Å². The van der Waals surface area contributed by atoms with Gasteiger partial charge in [-0.25, -0.2) is 4.79 Å². The highest BCUT2D eigenvalue weighted by Gasteiger charge is 2.30. The Bertz CT molecular complexity index is 698. The minimum atomic E-state index is -0.754. The van der Waals surface area contributed by atoms with Crippen molar-refractivity contribution in [1.82, 2.24) is 5.32 Å². The maximum Gasteiger partial charge on any atom is 0.339 e. The molecule has 0 fully saturated rings. The molecule has 1 aromatic carbocycles. The van der Waals surface area contributed by atoms with E-state index in [1.54, 1.807) is 23.5 Å². The summed E-state index contributed by atoms with van der Waals surface area (Å²) in [5, 5.41) is 2.81. The van der Waals surface area contributed by atoms with E-state index in [2.05, 4.69) is 21.2 Å². The summed E-state index contributed by atoms with van der Waals surface area (Å²) in [6, 6.07) is 11.1. The van der Waals surface area contributed by atoms with Crippen LogP contribution in [0.3, 0.4) is 0 Å². The highest BCUT2D eigenvalue weighted by atomic mass is 79.9. The quantitative estimate of drug-likeness (QED) is 0.850. The number of carbonyl (C=O) groups is 2. The first-order chi connectivity index (χ1) is 10.1. The fraction of sp³-hybridized carbons (Fsp3) is 0.200. The van der Waals surface area contributed by atoms with Crippen LogP contribution in [-0.4, -0.2) is 18.0 Å². The Balaban J connectivity index is 1.65. The predicted octanol–water partition coefficient (Wildman–Crippen LogP) is 2.91. The normalized spacial score (nSPS) is 17.0. The van der Waals surface area contributed by atoms with E-state index in [1.165, 1.54) is 0 Å². The number of nitrogens with one attached hydrogen (secondary N) is 1. The molecule has 1 aliphatic heterocycles. The number of rotatable bonds is 3.